The smallest absolute Gasteiger partial charge is 0.273 e. The van der Waals surface area contributed by atoms with Crippen molar-refractivity contribution in [3.63, 3.8) is 0 Å². The maximum atomic E-state index is 14.3. The molecule has 3 N–H and O–H groups in total. The number of benzene rings is 2. The van der Waals surface area contributed by atoms with Crippen LogP contribution in [0.1, 0.15) is 56.5 Å². The lowest BCUT2D eigenvalue weighted by molar-refractivity contribution is -0.148. The van der Waals surface area contributed by atoms with Crippen molar-refractivity contribution in [2.24, 2.45) is 0 Å². The van der Waals surface area contributed by atoms with Gasteiger partial charge in [-0.3, -0.25) is 14.5 Å². The van der Waals surface area contributed by atoms with Crippen molar-refractivity contribution in [1.82, 2.24) is 14.8 Å². The average molecular weight is 521 g/mol. The van der Waals surface area contributed by atoms with Crippen LogP contribution in [-0.2, 0) is 27.0 Å². The van der Waals surface area contributed by atoms with Crippen LogP contribution in [0, 0.1) is 0 Å². The van der Waals surface area contributed by atoms with Crippen LogP contribution >= 0.6 is 0 Å². The van der Waals surface area contributed by atoms with Gasteiger partial charge in [0.15, 0.2) is 0 Å². The Morgan fingerprint density at radius 2 is 1.92 bits per heavy atom. The second-order valence-corrected chi connectivity index (χ2v) is 12.0. The Bertz CT molecular complexity index is 1670. The molecule has 0 spiro atoms. The van der Waals surface area contributed by atoms with Crippen molar-refractivity contribution in [3.8, 4) is 0 Å². The number of carbonyl (C=O) groups excluding carboxylic acids is 2. The van der Waals surface area contributed by atoms with Crippen LogP contribution in [0.25, 0.3) is 17.0 Å². The molecule has 0 bridgehead atoms. The van der Waals surface area contributed by atoms with Gasteiger partial charge in [-0.05, 0) is 38.0 Å². The summed E-state index contributed by atoms with van der Waals surface area (Å²) in [6.07, 6.45) is 7.84. The quantitative estimate of drug-likeness (QED) is 0.419. The number of anilines is 1. The number of rotatable bonds is 2. The normalized spacial score (nSPS) is 26.1. The Morgan fingerprint density at radius 3 is 2.72 bits per heavy atom. The number of hydrogen-bond donors (Lipinski definition) is 3. The molecule has 39 heavy (non-hydrogen) atoms. The van der Waals surface area contributed by atoms with E-state index in [1.807, 2.05) is 54.6 Å². The van der Waals surface area contributed by atoms with Crippen LogP contribution in [-0.4, -0.2) is 43.9 Å². The third-order valence-corrected chi connectivity index (χ3v) is 8.75. The van der Waals surface area contributed by atoms with E-state index in [4.69, 9.17) is 0 Å². The molecular weight excluding hydrogens is 488 g/mol. The fourth-order valence-electron chi connectivity index (χ4n) is 6.68. The first-order valence-corrected chi connectivity index (χ1v) is 13.5. The van der Waals surface area contributed by atoms with Gasteiger partial charge >= 0.3 is 0 Å². The molecule has 2 saturated heterocycles. The van der Waals surface area contributed by atoms with Gasteiger partial charge in [0.05, 0.1) is 0 Å². The lowest BCUT2D eigenvalue weighted by atomic mass is 9.85. The van der Waals surface area contributed by atoms with E-state index in [2.05, 4.69) is 44.1 Å². The van der Waals surface area contributed by atoms with Gasteiger partial charge in [0.1, 0.15) is 23.5 Å². The molecule has 7 heteroatoms. The number of nitrogens with one attached hydrogen (secondary N) is 2. The van der Waals surface area contributed by atoms with Gasteiger partial charge in [0.25, 0.3) is 11.8 Å². The van der Waals surface area contributed by atoms with Crippen LogP contribution < -0.4 is 5.32 Å². The highest BCUT2D eigenvalue weighted by atomic mass is 16.3. The summed E-state index contributed by atoms with van der Waals surface area (Å²) in [6.45, 7) is 8.31. The van der Waals surface area contributed by atoms with Gasteiger partial charge in [0.2, 0.25) is 0 Å². The SMILES string of the molecule is CC(C)=CCc1cccc2c1NC1N3C(=O)C4=Cc5c([nH]c6ccccc56)C(C)(C)C=CN4C(=O)C3CC21O. The third kappa shape index (κ3) is 3.26. The third-order valence-electron chi connectivity index (χ3n) is 8.75. The van der Waals surface area contributed by atoms with E-state index in [0.29, 0.717) is 5.70 Å². The predicted molar refractivity (Wildman–Crippen MR) is 151 cm³/mol. The monoisotopic (exact) mass is 520 g/mol. The Kier molecular flexibility index (Phi) is 4.89. The lowest BCUT2D eigenvalue weighted by Crippen LogP contribution is -2.58. The summed E-state index contributed by atoms with van der Waals surface area (Å²) in [4.78, 5) is 34.9. The molecular formula is C32H32N4O3. The van der Waals surface area contributed by atoms with E-state index >= 15 is 0 Å². The maximum absolute atomic E-state index is 14.3. The molecule has 2 fully saturated rings. The zero-order chi connectivity index (χ0) is 27.3. The first-order valence-electron chi connectivity index (χ1n) is 13.5. The fraction of sp³-hybridized carbons (Fsp3) is 0.312. The number of aliphatic hydroxyl groups is 1. The van der Waals surface area contributed by atoms with Crippen molar-refractivity contribution in [2.45, 2.75) is 63.8 Å². The van der Waals surface area contributed by atoms with E-state index in [1.54, 1.807) is 11.1 Å². The number of para-hydroxylation sites is 2. The molecule has 0 radical (unpaired) electrons. The summed E-state index contributed by atoms with van der Waals surface area (Å²) in [5.74, 6) is -0.477. The second-order valence-electron chi connectivity index (χ2n) is 12.0. The van der Waals surface area contributed by atoms with Crippen molar-refractivity contribution >= 4 is 34.5 Å². The van der Waals surface area contributed by atoms with E-state index in [0.717, 1.165) is 45.4 Å². The minimum atomic E-state index is -1.36. The molecule has 2 amide bonds. The van der Waals surface area contributed by atoms with Crippen molar-refractivity contribution in [2.75, 3.05) is 5.32 Å². The molecule has 7 nitrogen and oxygen atoms in total. The molecule has 3 aromatic rings. The summed E-state index contributed by atoms with van der Waals surface area (Å²) in [7, 11) is 0. The van der Waals surface area contributed by atoms with Gasteiger partial charge in [-0.1, -0.05) is 68.0 Å². The molecule has 3 unspecified atom stereocenters. The predicted octanol–water partition coefficient (Wildman–Crippen LogP) is 4.90. The van der Waals surface area contributed by atoms with Gasteiger partial charge in [0, 0.05) is 51.4 Å². The van der Waals surface area contributed by atoms with E-state index in [9.17, 15) is 14.7 Å². The molecule has 5 heterocycles. The standard InChI is InChI=1S/C32H32N4O3/c1-18(2)12-13-19-8-7-10-22-26(19)34-30-32(22,39)17-25-28(37)35-15-14-31(3,4)27-21(16-24(35)29(38)36(25)30)20-9-5-6-11-23(20)33-27/h5-12,14-16,25,30,33-34,39H,13,17H2,1-4H3. The molecule has 198 valence electrons. The number of carbonyl (C=O) groups is 2. The van der Waals surface area contributed by atoms with E-state index in [-0.39, 0.29) is 18.2 Å². The highest BCUT2D eigenvalue weighted by Crippen LogP contribution is 2.52. The minimum absolute atomic E-state index is 0.147. The van der Waals surface area contributed by atoms with Crippen molar-refractivity contribution in [1.29, 1.82) is 0 Å². The Labute approximate surface area is 227 Å². The molecule has 2 aromatic carbocycles. The summed E-state index contributed by atoms with van der Waals surface area (Å²) >= 11 is 0. The number of aromatic amines is 1. The Morgan fingerprint density at radius 1 is 1.13 bits per heavy atom. The van der Waals surface area contributed by atoms with Gasteiger partial charge in [-0.25, -0.2) is 0 Å². The van der Waals surface area contributed by atoms with Crippen LogP contribution in [0.15, 0.2) is 72.1 Å². The van der Waals surface area contributed by atoms with Crippen molar-refractivity contribution < 1.29 is 14.7 Å². The maximum Gasteiger partial charge on any atom is 0.273 e. The molecule has 0 aliphatic carbocycles. The number of H-pyrrole nitrogens is 1. The van der Waals surface area contributed by atoms with Crippen LogP contribution in [0.3, 0.4) is 0 Å². The van der Waals surface area contributed by atoms with E-state index < -0.39 is 23.2 Å². The number of nitrogens with zero attached hydrogens (tertiary/aromatic N) is 2. The number of allylic oxidation sites excluding steroid dienone is 3. The zero-order valence-electron chi connectivity index (χ0n) is 22.6. The van der Waals surface area contributed by atoms with Gasteiger partial charge < -0.3 is 20.3 Å². The van der Waals surface area contributed by atoms with E-state index in [1.165, 1.54) is 10.5 Å². The first kappa shape index (κ1) is 24.0. The fourth-order valence-corrected chi connectivity index (χ4v) is 6.68. The Hall–Kier alpha value is -4.10. The number of aromatic nitrogens is 1. The number of fused-ring (bicyclic) bond motifs is 9. The summed E-state index contributed by atoms with van der Waals surface area (Å²) in [5.41, 5.74) is 5.29. The molecule has 7 rings (SSSR count). The largest absolute Gasteiger partial charge is 0.381 e. The summed E-state index contributed by atoms with van der Waals surface area (Å²) in [6, 6.07) is 13.1. The second kappa shape index (κ2) is 7.96. The number of piperazine rings is 1. The molecule has 3 atom stereocenters. The lowest BCUT2D eigenvalue weighted by Gasteiger charge is -2.40. The van der Waals surface area contributed by atoms with Gasteiger partial charge in [-0.2, -0.15) is 0 Å². The van der Waals surface area contributed by atoms with Crippen LogP contribution in [0.5, 0.6) is 0 Å². The summed E-state index contributed by atoms with van der Waals surface area (Å²) < 4.78 is 0. The van der Waals surface area contributed by atoms with Gasteiger partial charge in [-0.15, -0.1) is 0 Å². The number of amides is 2. The highest BCUT2D eigenvalue weighted by Gasteiger charge is 2.63. The first-order chi connectivity index (χ1) is 18.6. The number of hydrogen-bond acceptors (Lipinski definition) is 4. The molecule has 4 aliphatic heterocycles. The minimum Gasteiger partial charge on any atom is -0.381 e. The summed E-state index contributed by atoms with van der Waals surface area (Å²) in [5, 5.41) is 16.5. The topological polar surface area (TPSA) is 88.7 Å². The highest BCUT2D eigenvalue weighted by molar-refractivity contribution is 6.10. The Balaban J connectivity index is 1.35. The van der Waals surface area contributed by atoms with Crippen LogP contribution in [0.4, 0.5) is 5.69 Å². The van der Waals surface area contributed by atoms with Crippen molar-refractivity contribution in [3.05, 3.63) is 94.5 Å². The zero-order valence-corrected chi connectivity index (χ0v) is 22.6. The molecule has 1 aromatic heterocycles. The average Bonchev–Trinajstić information content (AvgIpc) is 3.51. The molecule has 4 aliphatic rings. The van der Waals surface area contributed by atoms with Crippen LogP contribution in [0.2, 0.25) is 0 Å². The molecule has 0 saturated carbocycles.